The SMILES string of the molecule is CC(=O)Nc1cccc(N(CCNC(=O)c2cccc(Cl)c2)C(C)=O)c1. The highest BCUT2D eigenvalue weighted by Crippen LogP contribution is 2.19. The number of nitrogens with one attached hydrogen (secondary N) is 2. The van der Waals surface area contributed by atoms with Crippen molar-refractivity contribution in [2.75, 3.05) is 23.3 Å². The molecule has 3 amide bonds. The van der Waals surface area contributed by atoms with Gasteiger partial charge in [-0.05, 0) is 36.4 Å². The van der Waals surface area contributed by atoms with Crippen molar-refractivity contribution in [2.24, 2.45) is 0 Å². The van der Waals surface area contributed by atoms with Crippen LogP contribution in [0.4, 0.5) is 11.4 Å². The molecule has 2 N–H and O–H groups in total. The molecule has 0 aromatic heterocycles. The number of rotatable bonds is 6. The molecule has 0 aliphatic carbocycles. The highest BCUT2D eigenvalue weighted by atomic mass is 35.5. The topological polar surface area (TPSA) is 78.5 Å². The average Bonchev–Trinajstić information content (AvgIpc) is 2.57. The molecule has 26 heavy (non-hydrogen) atoms. The van der Waals surface area contributed by atoms with Crippen LogP contribution in [0, 0.1) is 0 Å². The third-order valence-corrected chi connectivity index (χ3v) is 3.80. The van der Waals surface area contributed by atoms with E-state index in [1.54, 1.807) is 48.5 Å². The first-order chi connectivity index (χ1) is 12.4. The maximum absolute atomic E-state index is 12.1. The zero-order valence-corrected chi connectivity index (χ0v) is 15.3. The van der Waals surface area contributed by atoms with Crippen LogP contribution in [-0.4, -0.2) is 30.8 Å². The summed E-state index contributed by atoms with van der Waals surface area (Å²) in [7, 11) is 0. The number of nitrogens with zero attached hydrogens (tertiary/aromatic N) is 1. The zero-order valence-electron chi connectivity index (χ0n) is 14.6. The van der Waals surface area contributed by atoms with Gasteiger partial charge in [-0.1, -0.05) is 23.7 Å². The van der Waals surface area contributed by atoms with Gasteiger partial charge in [-0.25, -0.2) is 0 Å². The van der Waals surface area contributed by atoms with E-state index in [9.17, 15) is 14.4 Å². The van der Waals surface area contributed by atoms with Crippen LogP contribution in [-0.2, 0) is 9.59 Å². The van der Waals surface area contributed by atoms with Gasteiger partial charge in [0, 0.05) is 48.9 Å². The van der Waals surface area contributed by atoms with Crippen molar-refractivity contribution < 1.29 is 14.4 Å². The molecule has 0 unspecified atom stereocenters. The van der Waals surface area contributed by atoms with E-state index in [2.05, 4.69) is 10.6 Å². The fraction of sp³-hybridized carbons (Fsp3) is 0.211. The van der Waals surface area contributed by atoms with E-state index in [1.807, 2.05) is 0 Å². The van der Waals surface area contributed by atoms with Crippen molar-refractivity contribution in [3.8, 4) is 0 Å². The predicted octanol–water partition coefficient (Wildman–Crippen LogP) is 3.08. The Morgan fingerprint density at radius 3 is 2.42 bits per heavy atom. The smallest absolute Gasteiger partial charge is 0.251 e. The van der Waals surface area contributed by atoms with E-state index >= 15 is 0 Å². The first-order valence-electron chi connectivity index (χ1n) is 8.06. The Morgan fingerprint density at radius 1 is 1.04 bits per heavy atom. The average molecular weight is 374 g/mol. The summed E-state index contributed by atoms with van der Waals surface area (Å²) in [5, 5.41) is 5.93. The number of carbonyl (C=O) groups is 3. The highest BCUT2D eigenvalue weighted by molar-refractivity contribution is 6.30. The molecule has 7 heteroatoms. The van der Waals surface area contributed by atoms with E-state index in [4.69, 9.17) is 11.6 Å². The van der Waals surface area contributed by atoms with E-state index in [1.165, 1.54) is 18.7 Å². The van der Waals surface area contributed by atoms with Gasteiger partial charge in [-0.3, -0.25) is 14.4 Å². The maximum atomic E-state index is 12.1. The lowest BCUT2D eigenvalue weighted by molar-refractivity contribution is -0.116. The van der Waals surface area contributed by atoms with Gasteiger partial charge >= 0.3 is 0 Å². The second kappa shape index (κ2) is 9.01. The number of benzene rings is 2. The van der Waals surface area contributed by atoms with Gasteiger partial charge in [0.05, 0.1) is 0 Å². The second-order valence-corrected chi connectivity index (χ2v) is 6.10. The van der Waals surface area contributed by atoms with Gasteiger partial charge in [0.25, 0.3) is 5.91 Å². The largest absolute Gasteiger partial charge is 0.350 e. The Kier molecular flexibility index (Phi) is 6.74. The molecule has 2 aromatic rings. The molecule has 0 saturated carbocycles. The lowest BCUT2D eigenvalue weighted by Crippen LogP contribution is -2.37. The Balaban J connectivity index is 2.01. The third kappa shape index (κ3) is 5.60. The van der Waals surface area contributed by atoms with Gasteiger partial charge in [0.15, 0.2) is 0 Å². The van der Waals surface area contributed by atoms with Crippen molar-refractivity contribution in [3.05, 3.63) is 59.1 Å². The molecule has 0 saturated heterocycles. The van der Waals surface area contributed by atoms with E-state index < -0.39 is 0 Å². The zero-order chi connectivity index (χ0) is 19.1. The van der Waals surface area contributed by atoms with Gasteiger partial charge in [-0.2, -0.15) is 0 Å². The van der Waals surface area contributed by atoms with E-state index in [-0.39, 0.29) is 24.3 Å². The van der Waals surface area contributed by atoms with Crippen LogP contribution in [0.2, 0.25) is 5.02 Å². The minimum atomic E-state index is -0.261. The molecule has 2 rings (SSSR count). The van der Waals surface area contributed by atoms with Gasteiger partial charge in [-0.15, -0.1) is 0 Å². The van der Waals surface area contributed by atoms with E-state index in [0.29, 0.717) is 28.5 Å². The Labute approximate surface area is 157 Å². The van der Waals surface area contributed by atoms with Crippen LogP contribution in [0.3, 0.4) is 0 Å². The Bertz CT molecular complexity index is 823. The van der Waals surface area contributed by atoms with Crippen molar-refractivity contribution in [1.82, 2.24) is 5.32 Å². The van der Waals surface area contributed by atoms with E-state index in [0.717, 1.165) is 0 Å². The van der Waals surface area contributed by atoms with Crippen LogP contribution in [0.5, 0.6) is 0 Å². The van der Waals surface area contributed by atoms with Crippen molar-refractivity contribution >= 4 is 40.7 Å². The molecule has 0 spiro atoms. The minimum absolute atomic E-state index is 0.165. The van der Waals surface area contributed by atoms with Gasteiger partial charge < -0.3 is 15.5 Å². The summed E-state index contributed by atoms with van der Waals surface area (Å²) in [6.07, 6.45) is 0. The van der Waals surface area contributed by atoms with Crippen LogP contribution in [0.1, 0.15) is 24.2 Å². The van der Waals surface area contributed by atoms with Crippen molar-refractivity contribution in [3.63, 3.8) is 0 Å². The quantitative estimate of drug-likeness (QED) is 0.816. The number of hydrogen-bond acceptors (Lipinski definition) is 3. The fourth-order valence-corrected chi connectivity index (χ4v) is 2.63. The standard InChI is InChI=1S/C19H20ClN3O3/c1-13(24)22-17-7-4-8-18(12-17)23(14(2)25)10-9-21-19(26)15-5-3-6-16(20)11-15/h3-8,11-12H,9-10H2,1-2H3,(H,21,26)(H,22,24). The van der Waals surface area contributed by atoms with Crippen LogP contribution in [0.25, 0.3) is 0 Å². The van der Waals surface area contributed by atoms with Gasteiger partial charge in [0.2, 0.25) is 11.8 Å². The molecule has 2 aromatic carbocycles. The number of carbonyl (C=O) groups excluding carboxylic acids is 3. The summed E-state index contributed by atoms with van der Waals surface area (Å²) in [6, 6.07) is 13.6. The normalized spacial score (nSPS) is 10.1. The monoisotopic (exact) mass is 373 g/mol. The lowest BCUT2D eigenvalue weighted by Gasteiger charge is -2.22. The number of amides is 3. The van der Waals surface area contributed by atoms with Crippen molar-refractivity contribution in [1.29, 1.82) is 0 Å². The first-order valence-corrected chi connectivity index (χ1v) is 8.44. The molecule has 136 valence electrons. The number of halogens is 1. The summed E-state index contributed by atoms with van der Waals surface area (Å²) in [5.74, 6) is -0.615. The van der Waals surface area contributed by atoms with Crippen LogP contribution >= 0.6 is 11.6 Å². The molecule has 0 radical (unpaired) electrons. The van der Waals surface area contributed by atoms with Crippen molar-refractivity contribution in [2.45, 2.75) is 13.8 Å². The number of hydrogen-bond donors (Lipinski definition) is 2. The molecule has 6 nitrogen and oxygen atoms in total. The summed E-state index contributed by atoms with van der Waals surface area (Å²) in [6.45, 7) is 3.44. The highest BCUT2D eigenvalue weighted by Gasteiger charge is 2.13. The third-order valence-electron chi connectivity index (χ3n) is 3.57. The Hall–Kier alpha value is -2.86. The molecule has 0 aliphatic heterocycles. The molecule has 0 aliphatic rings. The second-order valence-electron chi connectivity index (χ2n) is 5.67. The van der Waals surface area contributed by atoms with Gasteiger partial charge in [0.1, 0.15) is 0 Å². The first kappa shape index (κ1) is 19.5. The molecular weight excluding hydrogens is 354 g/mol. The summed E-state index contributed by atoms with van der Waals surface area (Å²) >= 11 is 5.88. The number of anilines is 2. The molecule has 0 fully saturated rings. The molecular formula is C19H20ClN3O3. The summed E-state index contributed by atoms with van der Waals surface area (Å²) in [5.41, 5.74) is 1.70. The summed E-state index contributed by atoms with van der Waals surface area (Å²) in [4.78, 5) is 36.8. The molecule has 0 atom stereocenters. The fourth-order valence-electron chi connectivity index (χ4n) is 2.44. The minimum Gasteiger partial charge on any atom is -0.350 e. The Morgan fingerprint density at radius 2 is 1.77 bits per heavy atom. The molecule has 0 bridgehead atoms. The maximum Gasteiger partial charge on any atom is 0.251 e. The summed E-state index contributed by atoms with van der Waals surface area (Å²) < 4.78 is 0. The predicted molar refractivity (Wildman–Crippen MR) is 103 cm³/mol. The molecule has 0 heterocycles. The lowest BCUT2D eigenvalue weighted by atomic mass is 10.2. The van der Waals surface area contributed by atoms with Crippen LogP contribution < -0.4 is 15.5 Å². The van der Waals surface area contributed by atoms with Crippen LogP contribution in [0.15, 0.2) is 48.5 Å².